The van der Waals surface area contributed by atoms with Crippen molar-refractivity contribution >= 4 is 5.69 Å². The smallest absolute Gasteiger partial charge is 0.270 e. The van der Waals surface area contributed by atoms with Gasteiger partial charge < -0.3 is 5.32 Å². The Bertz CT molecular complexity index is 322. The zero-order valence-corrected chi connectivity index (χ0v) is 8.27. The van der Waals surface area contributed by atoms with E-state index < -0.39 is 5.92 Å². The largest absolute Gasteiger partial charge is 0.360 e. The Balaban J connectivity index is 2.84. The average molecular weight is 197 g/mol. The molecule has 0 saturated heterocycles. The number of rotatable bonds is 3. The zero-order chi connectivity index (χ0) is 10.8. The summed E-state index contributed by atoms with van der Waals surface area (Å²) in [7, 11) is 0. The highest BCUT2D eigenvalue weighted by atomic mass is 19.3. The van der Waals surface area contributed by atoms with Gasteiger partial charge in [0, 0.05) is 23.9 Å². The molecule has 1 rings (SSSR count). The van der Waals surface area contributed by atoms with Gasteiger partial charge in [-0.15, -0.1) is 0 Å². The van der Waals surface area contributed by atoms with Crippen molar-refractivity contribution in [3.05, 3.63) is 42.1 Å². The molecular formula is C11H13F2N. The van der Waals surface area contributed by atoms with Gasteiger partial charge in [0.15, 0.2) is 0 Å². The molecule has 0 fully saturated rings. The van der Waals surface area contributed by atoms with E-state index in [1.165, 1.54) is 12.1 Å². The number of anilines is 1. The molecular weight excluding hydrogens is 184 g/mol. The minimum atomic E-state index is -2.78. The summed E-state index contributed by atoms with van der Waals surface area (Å²) >= 11 is 0. The second kappa shape index (κ2) is 3.78. The van der Waals surface area contributed by atoms with Gasteiger partial charge in [0.1, 0.15) is 0 Å². The van der Waals surface area contributed by atoms with E-state index in [-0.39, 0.29) is 5.56 Å². The van der Waals surface area contributed by atoms with Gasteiger partial charge in [0.2, 0.25) is 0 Å². The van der Waals surface area contributed by atoms with Crippen molar-refractivity contribution in [1.29, 1.82) is 0 Å². The fraction of sp³-hybridized carbons (Fsp3) is 0.273. The molecule has 0 aliphatic heterocycles. The summed E-state index contributed by atoms with van der Waals surface area (Å²) in [5.41, 5.74) is 1.57. The van der Waals surface area contributed by atoms with Gasteiger partial charge in [-0.3, -0.25) is 0 Å². The summed E-state index contributed by atoms with van der Waals surface area (Å²) in [6.07, 6.45) is 0. The number of hydrogen-bond donors (Lipinski definition) is 1. The predicted molar refractivity (Wildman–Crippen MR) is 54.4 cm³/mol. The Morgan fingerprint density at radius 2 is 1.79 bits per heavy atom. The van der Waals surface area contributed by atoms with Gasteiger partial charge in [0.25, 0.3) is 5.92 Å². The van der Waals surface area contributed by atoms with E-state index >= 15 is 0 Å². The maximum Gasteiger partial charge on any atom is 0.270 e. The van der Waals surface area contributed by atoms with Crippen molar-refractivity contribution < 1.29 is 8.78 Å². The molecule has 76 valence electrons. The highest BCUT2D eigenvalue weighted by molar-refractivity contribution is 5.48. The van der Waals surface area contributed by atoms with Crippen molar-refractivity contribution in [3.8, 4) is 0 Å². The van der Waals surface area contributed by atoms with Crippen LogP contribution >= 0.6 is 0 Å². The molecule has 0 unspecified atom stereocenters. The quantitative estimate of drug-likeness (QED) is 0.778. The minimum Gasteiger partial charge on any atom is -0.360 e. The maximum atomic E-state index is 12.8. The standard InChI is InChI=1S/C11H13F2N/c1-8(2)14-10-6-4-9(5-7-10)11(3,12)13/h4-7,14H,1H2,2-3H3. The highest BCUT2D eigenvalue weighted by Crippen LogP contribution is 2.27. The third-order valence-electron chi connectivity index (χ3n) is 1.75. The van der Waals surface area contributed by atoms with Crippen LogP contribution in [0.2, 0.25) is 0 Å². The summed E-state index contributed by atoms with van der Waals surface area (Å²) in [5, 5.41) is 2.94. The molecule has 0 aliphatic carbocycles. The van der Waals surface area contributed by atoms with Crippen molar-refractivity contribution in [3.63, 3.8) is 0 Å². The van der Waals surface area contributed by atoms with Crippen LogP contribution in [0.15, 0.2) is 36.5 Å². The topological polar surface area (TPSA) is 12.0 Å². The molecule has 0 saturated carbocycles. The third kappa shape index (κ3) is 2.83. The number of halogens is 2. The van der Waals surface area contributed by atoms with Crippen LogP contribution in [0.1, 0.15) is 19.4 Å². The number of hydrogen-bond acceptors (Lipinski definition) is 1. The molecule has 0 heterocycles. The average Bonchev–Trinajstić information content (AvgIpc) is 2.02. The molecule has 3 heteroatoms. The van der Waals surface area contributed by atoms with Gasteiger partial charge in [-0.05, 0) is 19.1 Å². The lowest BCUT2D eigenvalue weighted by Gasteiger charge is -2.11. The van der Waals surface area contributed by atoms with Crippen LogP contribution in [-0.4, -0.2) is 0 Å². The monoisotopic (exact) mass is 197 g/mol. The normalized spacial score (nSPS) is 11.1. The second-order valence-electron chi connectivity index (χ2n) is 3.37. The lowest BCUT2D eigenvalue weighted by Crippen LogP contribution is -2.06. The molecule has 0 bridgehead atoms. The van der Waals surface area contributed by atoms with Crippen molar-refractivity contribution in [1.82, 2.24) is 0 Å². The fourth-order valence-corrected chi connectivity index (χ4v) is 1.09. The van der Waals surface area contributed by atoms with E-state index in [2.05, 4.69) is 11.9 Å². The lowest BCUT2D eigenvalue weighted by molar-refractivity contribution is 0.0175. The Labute approximate surface area is 82.4 Å². The number of alkyl halides is 2. The molecule has 0 spiro atoms. The summed E-state index contributed by atoms with van der Waals surface area (Å²) in [5.74, 6) is -2.78. The molecule has 0 radical (unpaired) electrons. The Hall–Kier alpha value is -1.38. The number of nitrogens with one attached hydrogen (secondary N) is 1. The summed E-state index contributed by atoms with van der Waals surface area (Å²) in [6, 6.07) is 6.04. The van der Waals surface area contributed by atoms with Crippen LogP contribution in [0.4, 0.5) is 14.5 Å². The van der Waals surface area contributed by atoms with Crippen molar-refractivity contribution in [2.24, 2.45) is 0 Å². The molecule has 14 heavy (non-hydrogen) atoms. The minimum absolute atomic E-state index is 0.0183. The Morgan fingerprint density at radius 1 is 1.29 bits per heavy atom. The molecule has 0 aromatic heterocycles. The molecule has 1 aromatic rings. The first-order valence-electron chi connectivity index (χ1n) is 4.30. The predicted octanol–water partition coefficient (Wildman–Crippen LogP) is 3.74. The van der Waals surface area contributed by atoms with E-state index in [1.807, 2.05) is 6.92 Å². The van der Waals surface area contributed by atoms with E-state index in [1.54, 1.807) is 12.1 Å². The molecule has 1 aromatic carbocycles. The van der Waals surface area contributed by atoms with Gasteiger partial charge in [-0.25, -0.2) is 8.78 Å². The van der Waals surface area contributed by atoms with E-state index in [0.717, 1.165) is 18.3 Å². The first kappa shape index (κ1) is 10.7. The molecule has 0 aliphatic rings. The molecule has 0 amide bonds. The van der Waals surface area contributed by atoms with E-state index in [4.69, 9.17) is 0 Å². The highest BCUT2D eigenvalue weighted by Gasteiger charge is 2.23. The summed E-state index contributed by atoms with van der Waals surface area (Å²) in [6.45, 7) is 6.35. The first-order chi connectivity index (χ1) is 6.39. The van der Waals surface area contributed by atoms with Crippen LogP contribution in [0.5, 0.6) is 0 Å². The fourth-order valence-electron chi connectivity index (χ4n) is 1.09. The van der Waals surface area contributed by atoms with Crippen molar-refractivity contribution in [2.75, 3.05) is 5.32 Å². The maximum absolute atomic E-state index is 12.8. The Kier molecular flexibility index (Phi) is 2.89. The third-order valence-corrected chi connectivity index (χ3v) is 1.75. The van der Waals surface area contributed by atoms with Gasteiger partial charge in [0.05, 0.1) is 0 Å². The SMILES string of the molecule is C=C(C)Nc1ccc(C(C)(F)F)cc1. The van der Waals surface area contributed by atoms with Crippen LogP contribution < -0.4 is 5.32 Å². The summed E-state index contributed by atoms with van der Waals surface area (Å²) < 4.78 is 25.6. The van der Waals surface area contributed by atoms with Gasteiger partial charge >= 0.3 is 0 Å². The molecule has 0 atom stereocenters. The van der Waals surface area contributed by atoms with Crippen molar-refractivity contribution in [2.45, 2.75) is 19.8 Å². The van der Waals surface area contributed by atoms with Crippen LogP contribution in [0, 0.1) is 0 Å². The van der Waals surface area contributed by atoms with Crippen LogP contribution in [-0.2, 0) is 5.92 Å². The van der Waals surface area contributed by atoms with Crippen LogP contribution in [0.25, 0.3) is 0 Å². The van der Waals surface area contributed by atoms with Gasteiger partial charge in [-0.2, -0.15) is 0 Å². The van der Waals surface area contributed by atoms with E-state index in [0.29, 0.717) is 0 Å². The lowest BCUT2D eigenvalue weighted by atomic mass is 10.1. The van der Waals surface area contributed by atoms with E-state index in [9.17, 15) is 8.78 Å². The number of allylic oxidation sites excluding steroid dienone is 1. The summed E-state index contributed by atoms with van der Waals surface area (Å²) in [4.78, 5) is 0. The van der Waals surface area contributed by atoms with Crippen LogP contribution in [0.3, 0.4) is 0 Å². The second-order valence-corrected chi connectivity index (χ2v) is 3.37. The number of benzene rings is 1. The van der Waals surface area contributed by atoms with Gasteiger partial charge in [-0.1, -0.05) is 18.7 Å². The molecule has 1 N–H and O–H groups in total. The molecule has 1 nitrogen and oxygen atoms in total. The Morgan fingerprint density at radius 3 is 2.14 bits per heavy atom. The zero-order valence-electron chi connectivity index (χ0n) is 8.27. The first-order valence-corrected chi connectivity index (χ1v) is 4.30.